The molecule has 5 atom stereocenters. The topological polar surface area (TPSA) is 233 Å². The van der Waals surface area contributed by atoms with Crippen LogP contribution in [0.2, 0.25) is 0 Å². The van der Waals surface area contributed by atoms with Crippen molar-refractivity contribution in [1.82, 2.24) is 25.4 Å². The van der Waals surface area contributed by atoms with Crippen LogP contribution >= 0.6 is 11.8 Å². The lowest BCUT2D eigenvalue weighted by atomic mass is 9.95. The standard InChI is InChI=1S/C31H31N5O12S/c1-14(32-18(37)13-35-25(40)16-11-8-12-17(47-30(45)46-4)21(16)48-29(35)44)23(38)33-19(15-9-6-5-7-10-15)24(39)34-20-26(41)36-22(28(42)43)31(2,3)49-27(20)36/h5-12,14,19-20,22,27H,13H2,1-4H3,(H,32,37)(H,33,38)(H,34,39)(H,42,43)/t14-,19+,20+,22-,27+/m0/s1. The minimum Gasteiger partial charge on any atom is -0.480 e. The number of para-hydroxylation sites is 1. The predicted octanol–water partition coefficient (Wildman–Crippen LogP) is 0.0938. The first kappa shape index (κ1) is 34.7. The molecule has 5 rings (SSSR count). The first-order chi connectivity index (χ1) is 23.1. The van der Waals surface area contributed by atoms with Gasteiger partial charge in [0.25, 0.3) is 5.56 Å². The third-order valence-corrected chi connectivity index (χ3v) is 9.52. The lowest BCUT2D eigenvalue weighted by Gasteiger charge is -2.44. The van der Waals surface area contributed by atoms with E-state index in [1.54, 1.807) is 44.2 Å². The predicted molar refractivity (Wildman–Crippen MR) is 170 cm³/mol. The Morgan fingerprint density at radius 2 is 1.69 bits per heavy atom. The number of hydrogen-bond donors (Lipinski definition) is 4. The highest BCUT2D eigenvalue weighted by Gasteiger charge is 2.64. The van der Waals surface area contributed by atoms with Crippen LogP contribution in [0, 0.1) is 0 Å². The molecule has 0 spiro atoms. The minimum atomic E-state index is -1.32. The number of carbonyl (C=O) groups is 6. The van der Waals surface area contributed by atoms with Crippen molar-refractivity contribution in [2.45, 2.75) is 61.6 Å². The molecule has 2 aliphatic rings. The molecule has 0 aliphatic carbocycles. The molecule has 258 valence electrons. The second-order valence-corrected chi connectivity index (χ2v) is 13.4. The summed E-state index contributed by atoms with van der Waals surface area (Å²) >= 11 is 1.24. The number of rotatable bonds is 10. The summed E-state index contributed by atoms with van der Waals surface area (Å²) in [5.41, 5.74) is -0.919. The maximum Gasteiger partial charge on any atom is 0.513 e. The van der Waals surface area contributed by atoms with E-state index in [1.165, 1.54) is 41.8 Å². The third kappa shape index (κ3) is 6.71. The number of hydrogen-bond acceptors (Lipinski definition) is 12. The molecule has 3 heterocycles. The van der Waals surface area contributed by atoms with E-state index in [0.717, 1.165) is 7.11 Å². The molecule has 18 heteroatoms. The Labute approximate surface area is 280 Å². The van der Waals surface area contributed by atoms with E-state index >= 15 is 0 Å². The maximum atomic E-state index is 13.5. The van der Waals surface area contributed by atoms with Gasteiger partial charge in [-0.3, -0.25) is 24.0 Å². The van der Waals surface area contributed by atoms with Crippen molar-refractivity contribution in [3.63, 3.8) is 0 Å². The molecule has 2 saturated heterocycles. The van der Waals surface area contributed by atoms with Crippen molar-refractivity contribution in [3.8, 4) is 5.75 Å². The molecule has 0 unspecified atom stereocenters. The Balaban J connectivity index is 1.27. The normalized spacial score (nSPS) is 20.3. The number of carbonyl (C=O) groups excluding carboxylic acids is 5. The summed E-state index contributed by atoms with van der Waals surface area (Å²) in [6, 6.07) is 7.31. The zero-order valence-corrected chi connectivity index (χ0v) is 27.3. The van der Waals surface area contributed by atoms with Crippen molar-refractivity contribution in [3.05, 3.63) is 75.0 Å². The Hall–Kier alpha value is -5.65. The molecule has 2 aliphatic heterocycles. The molecule has 0 bridgehead atoms. The van der Waals surface area contributed by atoms with Crippen LogP contribution in [0.1, 0.15) is 32.4 Å². The zero-order chi connectivity index (χ0) is 35.8. The number of fused-ring (bicyclic) bond motifs is 2. The summed E-state index contributed by atoms with van der Waals surface area (Å²) in [5.74, 6) is -5.71. The van der Waals surface area contributed by atoms with Crippen molar-refractivity contribution >= 4 is 58.5 Å². The van der Waals surface area contributed by atoms with Gasteiger partial charge < -0.3 is 39.8 Å². The lowest BCUT2D eigenvalue weighted by Crippen LogP contribution is -2.71. The molecule has 2 fully saturated rings. The average molecular weight is 698 g/mol. The van der Waals surface area contributed by atoms with Gasteiger partial charge in [0.15, 0.2) is 11.3 Å². The number of ether oxygens (including phenoxy) is 2. The van der Waals surface area contributed by atoms with E-state index in [2.05, 4.69) is 20.7 Å². The molecule has 49 heavy (non-hydrogen) atoms. The van der Waals surface area contributed by atoms with Crippen LogP contribution in [-0.4, -0.2) is 85.7 Å². The van der Waals surface area contributed by atoms with Gasteiger partial charge in [0.2, 0.25) is 23.6 Å². The SMILES string of the molecule is COC(=O)Oc1cccc2c(=O)n(CC(=O)N[C@@H](C)C(=O)N[C@@H](C(=O)N[C@@H]3C(=O)N4[C@@H]3SC(C)(C)[C@@H]4C(=O)O)c3ccccc3)c(=O)oc12. The molecule has 0 saturated carbocycles. The smallest absolute Gasteiger partial charge is 0.480 e. The van der Waals surface area contributed by atoms with Gasteiger partial charge in [0, 0.05) is 4.75 Å². The van der Waals surface area contributed by atoms with Gasteiger partial charge >= 0.3 is 17.9 Å². The van der Waals surface area contributed by atoms with Crippen LogP contribution in [0.3, 0.4) is 0 Å². The molecule has 1 aromatic heterocycles. The van der Waals surface area contributed by atoms with Crippen molar-refractivity contribution in [1.29, 1.82) is 0 Å². The fourth-order valence-electron chi connectivity index (χ4n) is 5.60. The fraction of sp³-hybridized carbons (Fsp3) is 0.355. The van der Waals surface area contributed by atoms with Crippen molar-refractivity contribution < 1.29 is 47.8 Å². The number of methoxy groups -OCH3 is 1. The van der Waals surface area contributed by atoms with Crippen molar-refractivity contribution in [2.75, 3.05) is 7.11 Å². The average Bonchev–Trinajstić information content (AvgIpc) is 3.32. The molecular formula is C31H31N5O12S. The van der Waals surface area contributed by atoms with Gasteiger partial charge in [-0.2, -0.15) is 0 Å². The number of carboxylic acids is 1. The monoisotopic (exact) mass is 697 g/mol. The summed E-state index contributed by atoms with van der Waals surface area (Å²) in [7, 11) is 1.06. The van der Waals surface area contributed by atoms with E-state index in [0.29, 0.717) is 10.1 Å². The van der Waals surface area contributed by atoms with E-state index < -0.39 is 87.9 Å². The molecular weight excluding hydrogens is 666 g/mol. The Morgan fingerprint density at radius 3 is 2.35 bits per heavy atom. The number of thioether (sulfide) groups is 1. The number of nitrogens with one attached hydrogen (secondary N) is 3. The summed E-state index contributed by atoms with van der Waals surface area (Å²) in [5, 5.41) is 16.4. The molecule has 17 nitrogen and oxygen atoms in total. The highest BCUT2D eigenvalue weighted by molar-refractivity contribution is 8.01. The lowest BCUT2D eigenvalue weighted by molar-refractivity contribution is -0.161. The summed E-state index contributed by atoms with van der Waals surface area (Å²) < 4.78 is 14.1. The largest absolute Gasteiger partial charge is 0.513 e. The third-order valence-electron chi connectivity index (χ3n) is 7.95. The fourth-order valence-corrected chi connectivity index (χ4v) is 7.23. The highest BCUT2D eigenvalue weighted by atomic mass is 32.2. The van der Waals surface area contributed by atoms with Gasteiger partial charge in [0.05, 0.1) is 12.5 Å². The number of amides is 4. The molecule has 2 aromatic carbocycles. The molecule has 3 aromatic rings. The van der Waals surface area contributed by atoms with Gasteiger partial charge in [0.1, 0.15) is 36.1 Å². The minimum absolute atomic E-state index is 0.178. The Kier molecular flexibility index (Phi) is 9.52. The second-order valence-electron chi connectivity index (χ2n) is 11.7. The van der Waals surface area contributed by atoms with Gasteiger partial charge in [-0.05, 0) is 38.5 Å². The first-order valence-corrected chi connectivity index (χ1v) is 15.6. The first-order valence-electron chi connectivity index (χ1n) is 14.7. The Bertz CT molecular complexity index is 1980. The number of nitrogens with zero attached hydrogens (tertiary/aromatic N) is 2. The van der Waals surface area contributed by atoms with Gasteiger partial charge in [-0.25, -0.2) is 19.0 Å². The molecule has 4 N–H and O–H groups in total. The number of benzene rings is 2. The van der Waals surface area contributed by atoms with Crippen molar-refractivity contribution in [2.24, 2.45) is 0 Å². The van der Waals surface area contributed by atoms with E-state index in [4.69, 9.17) is 9.15 Å². The van der Waals surface area contributed by atoms with Crippen LogP contribution in [0.4, 0.5) is 4.79 Å². The van der Waals surface area contributed by atoms with Gasteiger partial charge in [-0.1, -0.05) is 36.4 Å². The Morgan fingerprint density at radius 1 is 1.00 bits per heavy atom. The van der Waals surface area contributed by atoms with Crippen LogP contribution in [0.25, 0.3) is 11.0 Å². The van der Waals surface area contributed by atoms with Crippen LogP contribution < -0.4 is 32.0 Å². The number of aliphatic carboxylic acids is 1. The maximum absolute atomic E-state index is 13.5. The quantitative estimate of drug-likeness (QED) is 0.125. The summed E-state index contributed by atoms with van der Waals surface area (Å²) in [6.07, 6.45) is -1.12. The molecule has 0 radical (unpaired) electrons. The van der Waals surface area contributed by atoms with Crippen LogP contribution in [-0.2, 0) is 35.3 Å². The van der Waals surface area contributed by atoms with Crippen LogP contribution in [0.15, 0.2) is 62.5 Å². The van der Waals surface area contributed by atoms with E-state index in [9.17, 15) is 43.5 Å². The van der Waals surface area contributed by atoms with Crippen LogP contribution in [0.5, 0.6) is 5.75 Å². The molecule has 4 amide bonds. The second kappa shape index (κ2) is 13.5. The summed E-state index contributed by atoms with van der Waals surface area (Å²) in [6.45, 7) is 3.87. The number of β-lactam (4-membered cyclic amide) rings is 1. The number of aromatic nitrogens is 1. The van der Waals surface area contributed by atoms with Gasteiger partial charge in [-0.15, -0.1) is 11.8 Å². The zero-order valence-electron chi connectivity index (χ0n) is 26.5. The summed E-state index contributed by atoms with van der Waals surface area (Å²) in [4.78, 5) is 103. The van der Waals surface area contributed by atoms with E-state index in [1.807, 2.05) is 0 Å². The number of carboxylic acid groups (broad SMARTS) is 1. The van der Waals surface area contributed by atoms with E-state index in [-0.39, 0.29) is 16.7 Å². The highest BCUT2D eigenvalue weighted by Crippen LogP contribution is 2.50.